The van der Waals surface area contributed by atoms with Crippen LogP contribution in [0.2, 0.25) is 0 Å². The molecule has 8 heteroatoms. The number of rotatable bonds is 14. The molecule has 3 unspecified atom stereocenters. The summed E-state index contributed by atoms with van der Waals surface area (Å²) in [6.07, 6.45) is 9.68. The van der Waals surface area contributed by atoms with Gasteiger partial charge in [-0.3, -0.25) is 4.90 Å². The third-order valence-corrected chi connectivity index (χ3v) is 10.7. The molecule has 1 aliphatic heterocycles. The van der Waals surface area contributed by atoms with Crippen LogP contribution < -0.4 is 0 Å². The van der Waals surface area contributed by atoms with E-state index in [1.165, 1.54) is 17.8 Å². The van der Waals surface area contributed by atoms with Crippen molar-refractivity contribution in [1.29, 1.82) is 5.26 Å². The number of carbonyl (C=O) groups is 1. The van der Waals surface area contributed by atoms with Crippen molar-refractivity contribution in [1.82, 2.24) is 4.90 Å². The van der Waals surface area contributed by atoms with Crippen molar-refractivity contribution < 1.29 is 24.5 Å². The van der Waals surface area contributed by atoms with E-state index in [4.69, 9.17) is 9.47 Å². The molecule has 2 aliphatic carbocycles. The van der Waals surface area contributed by atoms with Crippen molar-refractivity contribution in [2.24, 2.45) is 23.2 Å². The lowest BCUT2D eigenvalue weighted by Gasteiger charge is -2.45. The van der Waals surface area contributed by atoms with Crippen molar-refractivity contribution >= 4 is 17.3 Å². The summed E-state index contributed by atoms with van der Waals surface area (Å²) >= 11 is 1.50. The van der Waals surface area contributed by atoms with Crippen LogP contribution in [0, 0.1) is 34.5 Å². The van der Waals surface area contributed by atoms with Crippen LogP contribution in [0.1, 0.15) is 85.7 Å². The van der Waals surface area contributed by atoms with E-state index >= 15 is 0 Å². The first-order chi connectivity index (χ1) is 18.5. The van der Waals surface area contributed by atoms with E-state index in [-0.39, 0.29) is 35.2 Å². The Morgan fingerprint density at radius 3 is 2.71 bits per heavy atom. The van der Waals surface area contributed by atoms with Crippen LogP contribution in [0.15, 0.2) is 12.1 Å². The number of morpholine rings is 1. The Labute approximate surface area is 232 Å². The SMILES string of the molecule is CCC1(C(O)CCCC2[C@@H](CCCc3ccc(C(=O)OCCN4CCOCC4)s3)C(C#N)C[C@H]2O)CCC1. The van der Waals surface area contributed by atoms with Gasteiger partial charge in [-0.1, -0.05) is 19.8 Å². The van der Waals surface area contributed by atoms with Crippen LogP contribution in [0.5, 0.6) is 0 Å². The standard InChI is InChI=1S/C30H46N2O5S/c1-2-30(12-5-13-30)28(34)9-4-8-25-24(22(21-31)20-26(25)33)7-3-6-23-10-11-27(38-23)29(35)37-19-16-32-14-17-36-18-15-32/h10-11,22,24-26,28,33-34H,2-9,12-20H2,1H3/t22?,24-,25?,26+,28?/m0/s1. The Bertz CT molecular complexity index is 914. The molecule has 2 saturated carbocycles. The lowest BCUT2D eigenvalue weighted by Crippen LogP contribution is -2.40. The average molecular weight is 547 g/mol. The molecule has 38 heavy (non-hydrogen) atoms. The summed E-state index contributed by atoms with van der Waals surface area (Å²) in [5.74, 6) is -0.0346. The summed E-state index contributed by atoms with van der Waals surface area (Å²) in [5, 5.41) is 31.3. The van der Waals surface area contributed by atoms with Gasteiger partial charge in [0.15, 0.2) is 0 Å². The molecule has 0 amide bonds. The third-order valence-electron chi connectivity index (χ3n) is 9.57. The second-order valence-electron chi connectivity index (χ2n) is 11.6. The van der Waals surface area contributed by atoms with Gasteiger partial charge in [0.25, 0.3) is 0 Å². The first-order valence-electron chi connectivity index (χ1n) is 14.8. The molecular weight excluding hydrogens is 500 g/mol. The maximum absolute atomic E-state index is 12.5. The minimum atomic E-state index is -0.425. The predicted octanol–water partition coefficient (Wildman–Crippen LogP) is 4.81. The summed E-state index contributed by atoms with van der Waals surface area (Å²) in [5.41, 5.74) is 0.123. The predicted molar refractivity (Wildman–Crippen MR) is 148 cm³/mol. The smallest absolute Gasteiger partial charge is 0.348 e. The summed E-state index contributed by atoms with van der Waals surface area (Å²) in [6, 6.07) is 6.32. The number of thiophene rings is 1. The van der Waals surface area contributed by atoms with Crippen LogP contribution in [0.4, 0.5) is 0 Å². The molecule has 1 aromatic heterocycles. The zero-order chi connectivity index (χ0) is 27.0. The largest absolute Gasteiger partial charge is 0.460 e. The van der Waals surface area contributed by atoms with E-state index < -0.39 is 6.10 Å². The highest BCUT2D eigenvalue weighted by Crippen LogP contribution is 2.48. The lowest BCUT2D eigenvalue weighted by atomic mass is 9.62. The fourth-order valence-corrected chi connectivity index (χ4v) is 7.81. The number of ether oxygens (including phenoxy) is 2. The first-order valence-corrected chi connectivity index (χ1v) is 15.6. The highest BCUT2D eigenvalue weighted by atomic mass is 32.1. The fourth-order valence-electron chi connectivity index (χ4n) is 6.87. The van der Waals surface area contributed by atoms with Gasteiger partial charge in [-0.05, 0) is 87.2 Å². The second kappa shape index (κ2) is 14.2. The minimum Gasteiger partial charge on any atom is -0.460 e. The molecule has 5 atom stereocenters. The van der Waals surface area contributed by atoms with E-state index in [0.29, 0.717) is 17.9 Å². The van der Waals surface area contributed by atoms with Gasteiger partial charge in [0, 0.05) is 24.5 Å². The molecule has 1 aromatic rings. The van der Waals surface area contributed by atoms with Crippen LogP contribution in [-0.2, 0) is 15.9 Å². The Balaban J connectivity index is 1.20. The van der Waals surface area contributed by atoms with E-state index in [2.05, 4.69) is 17.9 Å². The van der Waals surface area contributed by atoms with Crippen molar-refractivity contribution in [2.45, 2.75) is 89.8 Å². The Hall–Kier alpha value is -1.50. The number of nitriles is 1. The number of esters is 1. The highest BCUT2D eigenvalue weighted by molar-refractivity contribution is 7.13. The molecule has 0 aromatic carbocycles. The van der Waals surface area contributed by atoms with Crippen molar-refractivity contribution in [2.75, 3.05) is 39.5 Å². The van der Waals surface area contributed by atoms with Crippen LogP contribution >= 0.6 is 11.3 Å². The van der Waals surface area contributed by atoms with E-state index in [9.17, 15) is 20.3 Å². The lowest BCUT2D eigenvalue weighted by molar-refractivity contribution is -0.0444. The summed E-state index contributed by atoms with van der Waals surface area (Å²) in [6.45, 7) is 6.55. The van der Waals surface area contributed by atoms with Crippen LogP contribution in [0.25, 0.3) is 0 Å². The number of hydrogen-bond acceptors (Lipinski definition) is 8. The van der Waals surface area contributed by atoms with Gasteiger partial charge in [-0.25, -0.2) is 4.79 Å². The number of carbonyl (C=O) groups excluding carboxylic acids is 1. The number of aliphatic hydroxyl groups excluding tert-OH is 2. The van der Waals surface area contributed by atoms with Gasteiger partial charge < -0.3 is 19.7 Å². The van der Waals surface area contributed by atoms with Crippen LogP contribution in [-0.4, -0.2) is 72.7 Å². The fraction of sp³-hybridized carbons (Fsp3) is 0.800. The quantitative estimate of drug-likeness (QED) is 0.323. The monoisotopic (exact) mass is 546 g/mol. The average Bonchev–Trinajstić information content (AvgIpc) is 3.49. The zero-order valence-corrected chi connectivity index (χ0v) is 23.8. The number of aryl methyl sites for hydroxylation is 1. The van der Waals surface area contributed by atoms with Gasteiger partial charge in [0.2, 0.25) is 0 Å². The van der Waals surface area contributed by atoms with Gasteiger partial charge in [0.1, 0.15) is 11.5 Å². The van der Waals surface area contributed by atoms with Gasteiger partial charge >= 0.3 is 5.97 Å². The van der Waals surface area contributed by atoms with Gasteiger partial charge in [-0.15, -0.1) is 11.3 Å². The Kier molecular flexibility index (Phi) is 11.0. The Morgan fingerprint density at radius 2 is 2.03 bits per heavy atom. The third kappa shape index (κ3) is 7.37. The first kappa shape index (κ1) is 29.5. The Morgan fingerprint density at radius 1 is 1.26 bits per heavy atom. The molecule has 0 spiro atoms. The van der Waals surface area contributed by atoms with E-state index in [1.807, 2.05) is 12.1 Å². The molecule has 1 saturated heterocycles. The second-order valence-corrected chi connectivity index (χ2v) is 12.8. The molecule has 212 valence electrons. The molecule has 3 fully saturated rings. The molecule has 3 aliphatic rings. The number of aliphatic hydroxyl groups is 2. The molecular formula is C30H46N2O5S. The maximum atomic E-state index is 12.5. The van der Waals surface area contributed by atoms with Crippen LogP contribution in [0.3, 0.4) is 0 Å². The molecule has 0 bridgehead atoms. The van der Waals surface area contributed by atoms with Gasteiger partial charge in [0.05, 0.1) is 37.4 Å². The number of hydrogen-bond donors (Lipinski definition) is 2. The topological polar surface area (TPSA) is 103 Å². The van der Waals surface area contributed by atoms with E-state index in [1.54, 1.807) is 0 Å². The zero-order valence-electron chi connectivity index (χ0n) is 23.0. The van der Waals surface area contributed by atoms with E-state index in [0.717, 1.165) is 95.5 Å². The molecule has 2 N–H and O–H groups in total. The van der Waals surface area contributed by atoms with Crippen molar-refractivity contribution in [3.8, 4) is 6.07 Å². The molecule has 4 rings (SSSR count). The molecule has 0 radical (unpaired) electrons. The van der Waals surface area contributed by atoms with Crippen molar-refractivity contribution in [3.63, 3.8) is 0 Å². The molecule has 2 heterocycles. The summed E-state index contributed by atoms with van der Waals surface area (Å²) in [4.78, 5) is 16.5. The summed E-state index contributed by atoms with van der Waals surface area (Å²) < 4.78 is 10.8. The normalized spacial score (nSPS) is 27.9. The maximum Gasteiger partial charge on any atom is 0.348 e. The van der Waals surface area contributed by atoms with Crippen molar-refractivity contribution in [3.05, 3.63) is 21.9 Å². The van der Waals surface area contributed by atoms with Gasteiger partial charge in [-0.2, -0.15) is 5.26 Å². The minimum absolute atomic E-state index is 0.103. The number of nitrogens with zero attached hydrogens (tertiary/aromatic N) is 2. The molecule has 7 nitrogen and oxygen atoms in total. The highest BCUT2D eigenvalue weighted by Gasteiger charge is 2.43. The summed E-state index contributed by atoms with van der Waals surface area (Å²) in [7, 11) is 0.